The highest BCUT2D eigenvalue weighted by Crippen LogP contribution is 2.42. The van der Waals surface area contributed by atoms with Crippen LogP contribution in [-0.2, 0) is 0 Å². The van der Waals surface area contributed by atoms with Crippen LogP contribution >= 0.6 is 0 Å². The van der Waals surface area contributed by atoms with Crippen molar-refractivity contribution < 1.29 is 0 Å². The molecule has 520 valence electrons. The van der Waals surface area contributed by atoms with E-state index < -0.39 is 0 Å². The Morgan fingerprint density at radius 2 is 0.170 bits per heavy atom. The maximum absolute atomic E-state index is 2.25. The summed E-state index contributed by atoms with van der Waals surface area (Å²) in [7, 11) is 0. The van der Waals surface area contributed by atoms with Crippen LogP contribution in [0.4, 0.5) is 0 Å². The number of hydrogen-bond acceptors (Lipinski definition) is 0. The molecule has 0 bridgehead atoms. The summed E-state index contributed by atoms with van der Waals surface area (Å²) < 4.78 is 0. The van der Waals surface area contributed by atoms with E-state index in [4.69, 9.17) is 0 Å². The Kier molecular flexibility index (Phi) is 16.4. The fraction of sp³-hybridized carbons (Fsp3) is 0. The average Bonchev–Trinajstić information content (AvgIpc) is 0.708. The van der Waals surface area contributed by atoms with Crippen molar-refractivity contribution in [2.75, 3.05) is 0 Å². The van der Waals surface area contributed by atoms with Crippen LogP contribution in [0, 0.1) is 0 Å². The van der Waals surface area contributed by atoms with Gasteiger partial charge in [-0.25, -0.2) is 0 Å². The Bertz CT molecular complexity index is 6580. The van der Waals surface area contributed by atoms with Gasteiger partial charge in [0.2, 0.25) is 0 Å². The molecule has 0 fully saturated rings. The lowest BCUT2D eigenvalue weighted by Gasteiger charge is -2.13. The first-order valence-electron chi connectivity index (χ1n) is 38.8. The highest BCUT2D eigenvalue weighted by molar-refractivity contribution is 6.33. The van der Waals surface area contributed by atoms with Crippen molar-refractivity contribution in [1.29, 1.82) is 0 Å². The second-order valence-electron chi connectivity index (χ2n) is 29.7. The first-order valence-corrected chi connectivity index (χ1v) is 38.8. The van der Waals surface area contributed by atoms with Gasteiger partial charge in [-0.2, -0.15) is 0 Å². The normalized spacial score (nSPS) is 11.6. The molecule has 0 aliphatic rings. The minimum atomic E-state index is 1.31. The van der Waals surface area contributed by atoms with Gasteiger partial charge in [0.15, 0.2) is 0 Å². The SMILES string of the molecule is c1cc2ccc3cccc4ccc(c1)c2c34.c1cc2ccc3cccc4ccc(c1)c2c34.c1cc2ccc3cccc4ccc(c1)c2c34.c1cc2ccc3cccc4ccc(c1)c2c34.c1cc2cccc3c4cccc5cccc(c(c1)c23)c54.c1ccc2cc3ccccc3cc2c1.c1ccc2cc3ccccc3cc2c1. The van der Waals surface area contributed by atoms with Gasteiger partial charge in [-0.3, -0.25) is 0 Å². The van der Waals surface area contributed by atoms with Crippen molar-refractivity contribution in [2.24, 2.45) is 0 Å². The molecule has 0 saturated heterocycles. The quantitative estimate of drug-likeness (QED) is 0.105. The minimum absolute atomic E-state index is 1.31. The highest BCUT2D eigenvalue weighted by Gasteiger charge is 2.14. The summed E-state index contributed by atoms with van der Waals surface area (Å²) in [6.45, 7) is 0. The van der Waals surface area contributed by atoms with Gasteiger partial charge in [-0.15, -0.1) is 0 Å². The molecule has 0 amide bonds. The van der Waals surface area contributed by atoms with Crippen LogP contribution in [0.3, 0.4) is 0 Å². The molecule has 0 aliphatic heterocycles. The summed E-state index contributed by atoms with van der Waals surface area (Å²) in [4.78, 5) is 0. The smallest absolute Gasteiger partial charge is 0.00264 e. The first kappa shape index (κ1) is 65.7. The van der Waals surface area contributed by atoms with E-state index in [-0.39, 0.29) is 0 Å². The van der Waals surface area contributed by atoms with E-state index in [1.54, 1.807) is 0 Å². The van der Waals surface area contributed by atoms with Gasteiger partial charge in [0.05, 0.1) is 0 Å². The molecule has 112 heavy (non-hydrogen) atoms. The fourth-order valence-corrected chi connectivity index (χ4v) is 18.0. The maximum Gasteiger partial charge on any atom is -0.00264 e. The Hall–Kier alpha value is -14.6. The molecule has 0 unspecified atom stereocenters. The third-order valence-corrected chi connectivity index (χ3v) is 23.2. The fourth-order valence-electron chi connectivity index (χ4n) is 18.0. The number of benzene rings is 27. The zero-order valence-electron chi connectivity index (χ0n) is 61.6. The Morgan fingerprint density at radius 1 is 0.0714 bits per heavy atom. The topological polar surface area (TPSA) is 0 Å². The summed E-state index contributed by atoms with van der Waals surface area (Å²) in [5.41, 5.74) is 0. The van der Waals surface area contributed by atoms with Gasteiger partial charge in [-0.1, -0.05) is 413 Å². The second-order valence-corrected chi connectivity index (χ2v) is 29.7. The largest absolute Gasteiger partial charge is 0.0616 e. The molecule has 0 aliphatic carbocycles. The zero-order valence-corrected chi connectivity index (χ0v) is 61.6. The third kappa shape index (κ3) is 11.7. The number of rotatable bonds is 0. The lowest BCUT2D eigenvalue weighted by atomic mass is 9.90. The Labute approximate surface area is 647 Å². The minimum Gasteiger partial charge on any atom is -0.0616 e. The third-order valence-electron chi connectivity index (χ3n) is 23.2. The zero-order chi connectivity index (χ0) is 74.0. The van der Waals surface area contributed by atoms with Crippen molar-refractivity contribution in [3.05, 3.63) is 437 Å². The predicted molar refractivity (Wildman–Crippen MR) is 491 cm³/mol. The van der Waals surface area contributed by atoms with Crippen LogP contribution in [0.2, 0.25) is 0 Å². The molecular formula is C112H72. The van der Waals surface area contributed by atoms with E-state index in [1.165, 1.54) is 215 Å². The predicted octanol–water partition coefficient (Wildman–Crippen LogP) is 32.1. The number of fused-ring (bicyclic) bond motifs is 6. The van der Waals surface area contributed by atoms with Crippen molar-refractivity contribution in [1.82, 2.24) is 0 Å². The van der Waals surface area contributed by atoms with Gasteiger partial charge in [-0.05, 0) is 240 Å². The van der Waals surface area contributed by atoms with E-state index in [9.17, 15) is 0 Å². The molecule has 0 aromatic heterocycles. The summed E-state index contributed by atoms with van der Waals surface area (Å²) in [5, 5.41) is 53.9. The molecule has 0 radical (unpaired) electrons. The lowest BCUT2D eigenvalue weighted by molar-refractivity contribution is 1.76. The Morgan fingerprint density at radius 3 is 0.295 bits per heavy atom. The second kappa shape index (κ2) is 27.9. The Balaban J connectivity index is 0.0000000827. The molecule has 0 saturated carbocycles. The van der Waals surface area contributed by atoms with Crippen molar-refractivity contribution in [3.8, 4) is 0 Å². The van der Waals surface area contributed by atoms with Crippen LogP contribution < -0.4 is 0 Å². The maximum atomic E-state index is 2.25. The highest BCUT2D eigenvalue weighted by atomic mass is 14.2. The van der Waals surface area contributed by atoms with Gasteiger partial charge in [0.1, 0.15) is 0 Å². The molecule has 0 N–H and O–H groups in total. The van der Waals surface area contributed by atoms with Crippen molar-refractivity contribution in [3.63, 3.8) is 0 Å². The molecule has 0 spiro atoms. The van der Waals surface area contributed by atoms with Crippen LogP contribution in [0.1, 0.15) is 0 Å². The van der Waals surface area contributed by atoms with Crippen LogP contribution in [0.25, 0.3) is 215 Å². The summed E-state index contributed by atoms with van der Waals surface area (Å²) in [6, 6.07) is 157. The van der Waals surface area contributed by atoms with Crippen LogP contribution in [-0.4, -0.2) is 0 Å². The van der Waals surface area contributed by atoms with E-state index >= 15 is 0 Å². The van der Waals surface area contributed by atoms with E-state index in [2.05, 4.69) is 437 Å². The van der Waals surface area contributed by atoms with E-state index in [1.807, 2.05) is 0 Å². The van der Waals surface area contributed by atoms with Gasteiger partial charge >= 0.3 is 0 Å². The average molecular weight is 1420 g/mol. The molecule has 27 aromatic rings. The molecule has 0 nitrogen and oxygen atoms in total. The van der Waals surface area contributed by atoms with Crippen LogP contribution in [0.15, 0.2) is 437 Å². The molecule has 27 aromatic carbocycles. The monoisotopic (exact) mass is 1420 g/mol. The molecule has 0 heteroatoms. The van der Waals surface area contributed by atoms with Gasteiger partial charge < -0.3 is 0 Å². The van der Waals surface area contributed by atoms with E-state index in [0.29, 0.717) is 0 Å². The molecule has 0 atom stereocenters. The standard InChI is InChI=1S/C20H12.4C16H10.2C14H10/c1-5-13-6-2-11-17-18-12-4-8-14-7-3-10-16(20(14)18)15(9-1)19(13)17;4*1-3-11-7-9-13-5-2-6-14-10-8-12(4-1)15(11)16(13)14;2*1-2-6-12-10-14-8-4-3-7-13(14)9-11(12)5-1/h1-12H;4*1-10H;2*1-10H. The first-order chi connectivity index (χ1) is 55.5. The van der Waals surface area contributed by atoms with Crippen molar-refractivity contribution in [2.45, 2.75) is 0 Å². The van der Waals surface area contributed by atoms with Gasteiger partial charge in [0, 0.05) is 0 Å². The molecule has 0 heterocycles. The molecular weight excluding hydrogens is 1350 g/mol. The number of hydrogen-bond donors (Lipinski definition) is 0. The summed E-state index contributed by atoms with van der Waals surface area (Å²) in [5.74, 6) is 0. The lowest BCUT2D eigenvalue weighted by Crippen LogP contribution is -1.85. The van der Waals surface area contributed by atoms with E-state index in [0.717, 1.165) is 0 Å². The summed E-state index contributed by atoms with van der Waals surface area (Å²) >= 11 is 0. The van der Waals surface area contributed by atoms with Gasteiger partial charge in [0.25, 0.3) is 0 Å². The van der Waals surface area contributed by atoms with Crippen LogP contribution in [0.5, 0.6) is 0 Å². The van der Waals surface area contributed by atoms with Crippen molar-refractivity contribution >= 4 is 215 Å². The molecule has 27 rings (SSSR count). The summed E-state index contributed by atoms with van der Waals surface area (Å²) in [6.07, 6.45) is 0.